The number of fused-ring (bicyclic) bond motifs is 1. The van der Waals surface area contributed by atoms with E-state index in [1.807, 2.05) is 31.3 Å². The van der Waals surface area contributed by atoms with E-state index in [2.05, 4.69) is 47.1 Å². The van der Waals surface area contributed by atoms with Gasteiger partial charge in [0.05, 0.1) is 17.8 Å². The molecule has 0 aliphatic heterocycles. The molecule has 3 nitrogen and oxygen atoms in total. The molecule has 0 radical (unpaired) electrons. The van der Waals surface area contributed by atoms with Crippen LogP contribution in [0.3, 0.4) is 0 Å². The Hall–Kier alpha value is -2.73. The maximum Gasteiger partial charge on any atom is 0.102 e. The first kappa shape index (κ1) is 13.3. The summed E-state index contributed by atoms with van der Waals surface area (Å²) in [5.41, 5.74) is 5.17. The number of nitriles is 1. The summed E-state index contributed by atoms with van der Waals surface area (Å²) >= 11 is 0. The Morgan fingerprint density at radius 3 is 2.52 bits per heavy atom. The molecule has 0 unspecified atom stereocenters. The second kappa shape index (κ2) is 5.34. The Morgan fingerprint density at radius 2 is 1.81 bits per heavy atom. The van der Waals surface area contributed by atoms with Gasteiger partial charge in [-0.25, -0.2) is 0 Å². The van der Waals surface area contributed by atoms with Crippen LogP contribution in [0.1, 0.15) is 16.8 Å². The van der Waals surface area contributed by atoms with E-state index in [1.165, 1.54) is 5.56 Å². The van der Waals surface area contributed by atoms with Gasteiger partial charge in [0, 0.05) is 23.6 Å². The van der Waals surface area contributed by atoms with Crippen molar-refractivity contribution in [2.45, 2.75) is 13.5 Å². The number of nitrogens with one attached hydrogen (secondary N) is 1. The van der Waals surface area contributed by atoms with Gasteiger partial charge in [-0.2, -0.15) is 5.26 Å². The molecule has 3 heteroatoms. The van der Waals surface area contributed by atoms with Gasteiger partial charge in [-0.15, -0.1) is 0 Å². The quantitative estimate of drug-likeness (QED) is 0.785. The Labute approximate surface area is 124 Å². The van der Waals surface area contributed by atoms with E-state index in [0.717, 1.165) is 27.8 Å². The highest BCUT2D eigenvalue weighted by molar-refractivity contribution is 5.88. The minimum Gasteiger partial charge on any atom is -0.379 e. The van der Waals surface area contributed by atoms with Crippen LogP contribution in [0.5, 0.6) is 0 Å². The third kappa shape index (κ3) is 2.36. The van der Waals surface area contributed by atoms with E-state index < -0.39 is 0 Å². The lowest BCUT2D eigenvalue weighted by Crippen LogP contribution is -2.06. The fraction of sp³-hybridized carbons (Fsp3) is 0.167. The molecule has 104 valence electrons. The molecule has 0 saturated heterocycles. The van der Waals surface area contributed by atoms with Gasteiger partial charge in [-0.05, 0) is 25.1 Å². The lowest BCUT2D eigenvalue weighted by atomic mass is 10.1. The molecule has 1 N–H and O–H groups in total. The van der Waals surface area contributed by atoms with Crippen LogP contribution >= 0.6 is 0 Å². The van der Waals surface area contributed by atoms with Crippen molar-refractivity contribution in [1.82, 2.24) is 4.57 Å². The van der Waals surface area contributed by atoms with Crippen LogP contribution < -0.4 is 5.32 Å². The van der Waals surface area contributed by atoms with Crippen LogP contribution in [0.4, 0.5) is 5.69 Å². The number of anilines is 1. The lowest BCUT2D eigenvalue weighted by molar-refractivity contribution is 0.867. The van der Waals surface area contributed by atoms with Crippen LogP contribution in [0.2, 0.25) is 0 Å². The summed E-state index contributed by atoms with van der Waals surface area (Å²) in [6, 6.07) is 18.6. The minimum absolute atomic E-state index is 0.636. The zero-order valence-electron chi connectivity index (χ0n) is 12.2. The molecule has 0 fully saturated rings. The summed E-state index contributed by atoms with van der Waals surface area (Å²) in [6.45, 7) is 2.71. The number of aromatic nitrogens is 1. The topological polar surface area (TPSA) is 40.8 Å². The van der Waals surface area contributed by atoms with Crippen molar-refractivity contribution in [2.24, 2.45) is 7.05 Å². The fourth-order valence-electron chi connectivity index (χ4n) is 2.64. The third-order valence-corrected chi connectivity index (χ3v) is 3.85. The number of rotatable bonds is 3. The van der Waals surface area contributed by atoms with Gasteiger partial charge >= 0.3 is 0 Å². The standard InChI is InChI=1S/C18H17N3/c1-13-7-9-14(10-8-13)20-12-18-16(11-19)15-5-3-4-6-17(15)21(18)2/h3-10,20H,12H2,1-2H3. The molecule has 1 aromatic heterocycles. The molecule has 3 rings (SSSR count). The SMILES string of the molecule is Cc1ccc(NCc2c(C#N)c3ccccc3n2C)cc1. The zero-order chi connectivity index (χ0) is 14.8. The summed E-state index contributed by atoms with van der Waals surface area (Å²) in [4.78, 5) is 0. The van der Waals surface area contributed by atoms with E-state index in [4.69, 9.17) is 0 Å². The number of aryl methyl sites for hydroxylation is 2. The van der Waals surface area contributed by atoms with Crippen LogP contribution in [0.25, 0.3) is 10.9 Å². The van der Waals surface area contributed by atoms with Gasteiger partial charge in [-0.3, -0.25) is 0 Å². The summed E-state index contributed by atoms with van der Waals surface area (Å²) in [5, 5.41) is 13.9. The predicted molar refractivity (Wildman–Crippen MR) is 86.1 cm³/mol. The lowest BCUT2D eigenvalue weighted by Gasteiger charge is -2.09. The summed E-state index contributed by atoms with van der Waals surface area (Å²) in [7, 11) is 2.01. The Bertz CT molecular complexity index is 820. The van der Waals surface area contributed by atoms with Crippen molar-refractivity contribution in [1.29, 1.82) is 5.26 Å². The van der Waals surface area contributed by atoms with Crippen LogP contribution in [0, 0.1) is 18.3 Å². The molecule has 0 saturated carbocycles. The molecule has 2 aromatic carbocycles. The smallest absolute Gasteiger partial charge is 0.102 e. The van der Waals surface area contributed by atoms with Crippen molar-refractivity contribution >= 4 is 16.6 Å². The van der Waals surface area contributed by atoms with Crippen LogP contribution in [-0.4, -0.2) is 4.57 Å². The molecule has 0 bridgehead atoms. The second-order valence-electron chi connectivity index (χ2n) is 5.23. The predicted octanol–water partition coefficient (Wildman–Crippen LogP) is 3.97. The van der Waals surface area contributed by atoms with Gasteiger partial charge < -0.3 is 9.88 Å². The Kier molecular flexibility index (Phi) is 3.37. The van der Waals surface area contributed by atoms with Crippen molar-refractivity contribution in [3.05, 3.63) is 65.4 Å². The number of benzene rings is 2. The summed E-state index contributed by atoms with van der Waals surface area (Å²) in [6.07, 6.45) is 0. The van der Waals surface area contributed by atoms with Gasteiger partial charge in [0.25, 0.3) is 0 Å². The molecule has 0 aliphatic carbocycles. The highest BCUT2D eigenvalue weighted by Gasteiger charge is 2.13. The maximum absolute atomic E-state index is 9.47. The van der Waals surface area contributed by atoms with E-state index in [-0.39, 0.29) is 0 Å². The molecule has 21 heavy (non-hydrogen) atoms. The fourth-order valence-corrected chi connectivity index (χ4v) is 2.64. The number of nitrogens with zero attached hydrogens (tertiary/aromatic N) is 2. The zero-order valence-corrected chi connectivity index (χ0v) is 12.2. The molecule has 3 aromatic rings. The molecular weight excluding hydrogens is 258 g/mol. The number of hydrogen-bond donors (Lipinski definition) is 1. The normalized spacial score (nSPS) is 10.5. The average molecular weight is 275 g/mol. The first-order valence-electron chi connectivity index (χ1n) is 6.97. The summed E-state index contributed by atoms with van der Waals surface area (Å²) in [5.74, 6) is 0. The average Bonchev–Trinajstić information content (AvgIpc) is 2.79. The minimum atomic E-state index is 0.636. The molecule has 0 spiro atoms. The van der Waals surface area contributed by atoms with Gasteiger partial charge in [0.15, 0.2) is 0 Å². The van der Waals surface area contributed by atoms with Crippen molar-refractivity contribution < 1.29 is 0 Å². The Balaban J connectivity index is 1.95. The van der Waals surface area contributed by atoms with Gasteiger partial charge in [0.1, 0.15) is 6.07 Å². The summed E-state index contributed by atoms with van der Waals surface area (Å²) < 4.78 is 2.09. The van der Waals surface area contributed by atoms with Crippen molar-refractivity contribution in [3.8, 4) is 6.07 Å². The molecule has 0 amide bonds. The second-order valence-corrected chi connectivity index (χ2v) is 5.23. The van der Waals surface area contributed by atoms with E-state index in [9.17, 15) is 5.26 Å². The highest BCUT2D eigenvalue weighted by atomic mass is 15.0. The van der Waals surface area contributed by atoms with E-state index in [0.29, 0.717) is 6.54 Å². The molecule has 0 aliphatic rings. The monoisotopic (exact) mass is 275 g/mol. The van der Waals surface area contributed by atoms with Crippen LogP contribution in [0.15, 0.2) is 48.5 Å². The van der Waals surface area contributed by atoms with E-state index >= 15 is 0 Å². The molecule has 1 heterocycles. The largest absolute Gasteiger partial charge is 0.379 e. The first-order chi connectivity index (χ1) is 10.2. The number of hydrogen-bond acceptors (Lipinski definition) is 2. The van der Waals surface area contributed by atoms with Crippen molar-refractivity contribution in [2.75, 3.05) is 5.32 Å². The molecular formula is C18H17N3. The number of para-hydroxylation sites is 1. The molecule has 0 atom stereocenters. The van der Waals surface area contributed by atoms with Gasteiger partial charge in [0.2, 0.25) is 0 Å². The van der Waals surface area contributed by atoms with E-state index in [1.54, 1.807) is 0 Å². The van der Waals surface area contributed by atoms with Crippen LogP contribution in [-0.2, 0) is 13.6 Å². The Morgan fingerprint density at radius 1 is 1.10 bits per heavy atom. The third-order valence-electron chi connectivity index (χ3n) is 3.85. The van der Waals surface area contributed by atoms with Crippen molar-refractivity contribution in [3.63, 3.8) is 0 Å². The van der Waals surface area contributed by atoms with Gasteiger partial charge in [-0.1, -0.05) is 35.9 Å². The first-order valence-corrected chi connectivity index (χ1v) is 6.97. The maximum atomic E-state index is 9.47. The highest BCUT2D eigenvalue weighted by Crippen LogP contribution is 2.25.